The van der Waals surface area contributed by atoms with Gasteiger partial charge < -0.3 is 10.1 Å². The molecule has 0 aliphatic heterocycles. The lowest BCUT2D eigenvalue weighted by atomic mass is 10.1. The van der Waals surface area contributed by atoms with Crippen molar-refractivity contribution in [1.82, 2.24) is 4.98 Å². The van der Waals surface area contributed by atoms with Crippen LogP contribution in [0.25, 0.3) is 0 Å². The van der Waals surface area contributed by atoms with Crippen LogP contribution in [-0.2, 0) is 0 Å². The molecule has 1 unspecified atom stereocenters. The standard InChI is InChI=1S/C15H16ClFN2O/c1-3-20-15-7-5-12(9-18-15)19-10(2)11-4-6-14(17)13(16)8-11/h4-10,19H,3H2,1-2H3. The maximum atomic E-state index is 13.1. The Morgan fingerprint density at radius 1 is 1.35 bits per heavy atom. The Labute approximate surface area is 122 Å². The van der Waals surface area contributed by atoms with E-state index < -0.39 is 5.82 Å². The van der Waals surface area contributed by atoms with Crippen molar-refractivity contribution in [2.75, 3.05) is 11.9 Å². The number of ether oxygens (including phenoxy) is 1. The molecule has 0 fully saturated rings. The fourth-order valence-electron chi connectivity index (χ4n) is 1.81. The van der Waals surface area contributed by atoms with E-state index in [0.29, 0.717) is 12.5 Å². The molecule has 106 valence electrons. The van der Waals surface area contributed by atoms with E-state index in [1.807, 2.05) is 19.9 Å². The molecule has 2 aromatic rings. The molecule has 0 saturated carbocycles. The summed E-state index contributed by atoms with van der Waals surface area (Å²) in [7, 11) is 0. The summed E-state index contributed by atoms with van der Waals surface area (Å²) < 4.78 is 18.4. The first-order valence-corrected chi connectivity index (χ1v) is 6.78. The van der Waals surface area contributed by atoms with Crippen LogP contribution >= 0.6 is 11.6 Å². The highest BCUT2D eigenvalue weighted by molar-refractivity contribution is 6.30. The van der Waals surface area contributed by atoms with Crippen LogP contribution in [0, 0.1) is 5.82 Å². The van der Waals surface area contributed by atoms with Gasteiger partial charge in [-0.25, -0.2) is 9.37 Å². The Bertz CT molecular complexity index is 575. The second-order valence-electron chi connectivity index (χ2n) is 4.36. The first-order valence-electron chi connectivity index (χ1n) is 6.40. The lowest BCUT2D eigenvalue weighted by Gasteiger charge is -2.16. The van der Waals surface area contributed by atoms with E-state index in [9.17, 15) is 4.39 Å². The third-order valence-electron chi connectivity index (χ3n) is 2.86. The summed E-state index contributed by atoms with van der Waals surface area (Å²) in [4.78, 5) is 4.18. The van der Waals surface area contributed by atoms with Crippen LogP contribution in [0.2, 0.25) is 5.02 Å². The number of nitrogens with one attached hydrogen (secondary N) is 1. The van der Waals surface area contributed by atoms with E-state index in [-0.39, 0.29) is 11.1 Å². The van der Waals surface area contributed by atoms with Crippen LogP contribution in [0.4, 0.5) is 10.1 Å². The van der Waals surface area contributed by atoms with Gasteiger partial charge in [0, 0.05) is 12.1 Å². The second-order valence-corrected chi connectivity index (χ2v) is 4.76. The van der Waals surface area contributed by atoms with Crippen molar-refractivity contribution in [3.8, 4) is 5.88 Å². The summed E-state index contributed by atoms with van der Waals surface area (Å²) in [6.45, 7) is 4.47. The fourth-order valence-corrected chi connectivity index (χ4v) is 2.00. The molecule has 0 aliphatic rings. The molecule has 5 heteroatoms. The van der Waals surface area contributed by atoms with Crippen LogP contribution in [0.15, 0.2) is 36.5 Å². The van der Waals surface area contributed by atoms with Gasteiger partial charge in [0.05, 0.1) is 23.5 Å². The molecule has 20 heavy (non-hydrogen) atoms. The van der Waals surface area contributed by atoms with Gasteiger partial charge in [0.15, 0.2) is 0 Å². The SMILES string of the molecule is CCOc1ccc(NC(C)c2ccc(F)c(Cl)c2)cn1. The number of aromatic nitrogens is 1. The maximum Gasteiger partial charge on any atom is 0.213 e. The fraction of sp³-hybridized carbons (Fsp3) is 0.267. The van der Waals surface area contributed by atoms with Crippen LogP contribution in [0.5, 0.6) is 5.88 Å². The van der Waals surface area contributed by atoms with Crippen molar-refractivity contribution in [1.29, 1.82) is 0 Å². The smallest absolute Gasteiger partial charge is 0.213 e. The minimum Gasteiger partial charge on any atom is -0.478 e. The molecule has 1 atom stereocenters. The predicted molar refractivity (Wildman–Crippen MR) is 78.9 cm³/mol. The normalized spacial score (nSPS) is 12.0. The van der Waals surface area contributed by atoms with Gasteiger partial charge in [0.25, 0.3) is 0 Å². The number of nitrogens with zero attached hydrogens (tertiary/aromatic N) is 1. The monoisotopic (exact) mass is 294 g/mol. The molecule has 0 saturated heterocycles. The minimum atomic E-state index is -0.412. The largest absolute Gasteiger partial charge is 0.478 e. The minimum absolute atomic E-state index is 0.00663. The zero-order valence-electron chi connectivity index (χ0n) is 11.4. The number of pyridine rings is 1. The molecule has 0 aliphatic carbocycles. The summed E-state index contributed by atoms with van der Waals surface area (Å²) in [6, 6.07) is 8.38. The summed E-state index contributed by atoms with van der Waals surface area (Å²) >= 11 is 5.78. The molecular weight excluding hydrogens is 279 g/mol. The van der Waals surface area contributed by atoms with Crippen molar-refractivity contribution in [2.45, 2.75) is 19.9 Å². The van der Waals surface area contributed by atoms with Crippen molar-refractivity contribution < 1.29 is 9.13 Å². The molecule has 1 aromatic heterocycles. The number of halogens is 2. The molecular formula is C15H16ClFN2O. The highest BCUT2D eigenvalue weighted by Gasteiger charge is 2.08. The molecule has 1 heterocycles. The molecule has 3 nitrogen and oxygen atoms in total. The third kappa shape index (κ3) is 3.61. The summed E-state index contributed by atoms with van der Waals surface area (Å²) in [5, 5.41) is 3.40. The number of hydrogen-bond donors (Lipinski definition) is 1. The van der Waals surface area contributed by atoms with Gasteiger partial charge in [-0.2, -0.15) is 0 Å². The zero-order chi connectivity index (χ0) is 14.5. The van der Waals surface area contributed by atoms with E-state index in [2.05, 4.69) is 10.3 Å². The predicted octanol–water partition coefficient (Wildman–Crippen LogP) is 4.45. The van der Waals surface area contributed by atoms with Crippen LogP contribution < -0.4 is 10.1 Å². The quantitative estimate of drug-likeness (QED) is 0.885. The average Bonchev–Trinajstić information content (AvgIpc) is 2.44. The van der Waals surface area contributed by atoms with Gasteiger partial charge in [-0.05, 0) is 37.6 Å². The van der Waals surface area contributed by atoms with Gasteiger partial charge in [-0.1, -0.05) is 17.7 Å². The lowest BCUT2D eigenvalue weighted by Crippen LogP contribution is -2.07. The van der Waals surface area contributed by atoms with E-state index in [0.717, 1.165) is 11.3 Å². The number of benzene rings is 1. The van der Waals surface area contributed by atoms with E-state index in [1.165, 1.54) is 6.07 Å². The summed E-state index contributed by atoms with van der Waals surface area (Å²) in [5.74, 6) is 0.181. The number of rotatable bonds is 5. The van der Waals surface area contributed by atoms with E-state index in [4.69, 9.17) is 16.3 Å². The van der Waals surface area contributed by atoms with E-state index in [1.54, 1.807) is 24.4 Å². The highest BCUT2D eigenvalue weighted by Crippen LogP contribution is 2.24. The molecule has 2 rings (SSSR count). The number of anilines is 1. The highest BCUT2D eigenvalue weighted by atomic mass is 35.5. The Morgan fingerprint density at radius 2 is 2.15 bits per heavy atom. The summed E-state index contributed by atoms with van der Waals surface area (Å²) in [6.07, 6.45) is 1.70. The first-order chi connectivity index (χ1) is 9.60. The zero-order valence-corrected chi connectivity index (χ0v) is 12.1. The third-order valence-corrected chi connectivity index (χ3v) is 3.15. The van der Waals surface area contributed by atoms with Crippen LogP contribution in [-0.4, -0.2) is 11.6 Å². The maximum absolute atomic E-state index is 13.1. The van der Waals surface area contributed by atoms with Gasteiger partial charge in [-0.15, -0.1) is 0 Å². The first kappa shape index (κ1) is 14.6. The average molecular weight is 295 g/mol. The van der Waals surface area contributed by atoms with Crippen molar-refractivity contribution >= 4 is 17.3 Å². The number of hydrogen-bond acceptors (Lipinski definition) is 3. The Hall–Kier alpha value is -1.81. The lowest BCUT2D eigenvalue weighted by molar-refractivity contribution is 0.327. The van der Waals surface area contributed by atoms with E-state index >= 15 is 0 Å². The second kappa shape index (κ2) is 6.57. The Kier molecular flexibility index (Phi) is 4.79. The van der Waals surface area contributed by atoms with Gasteiger partial charge >= 0.3 is 0 Å². The molecule has 0 bridgehead atoms. The van der Waals surface area contributed by atoms with Crippen LogP contribution in [0.1, 0.15) is 25.5 Å². The van der Waals surface area contributed by atoms with Gasteiger partial charge in [0.1, 0.15) is 5.82 Å². The van der Waals surface area contributed by atoms with Gasteiger partial charge in [-0.3, -0.25) is 0 Å². The van der Waals surface area contributed by atoms with Crippen molar-refractivity contribution in [3.05, 3.63) is 52.9 Å². The van der Waals surface area contributed by atoms with Crippen molar-refractivity contribution in [3.63, 3.8) is 0 Å². The molecule has 0 amide bonds. The van der Waals surface area contributed by atoms with Gasteiger partial charge in [0.2, 0.25) is 5.88 Å². The van der Waals surface area contributed by atoms with Crippen molar-refractivity contribution in [2.24, 2.45) is 0 Å². The Morgan fingerprint density at radius 3 is 2.75 bits per heavy atom. The molecule has 1 aromatic carbocycles. The molecule has 0 radical (unpaired) electrons. The molecule has 1 N–H and O–H groups in total. The summed E-state index contributed by atoms with van der Waals surface area (Å²) in [5.41, 5.74) is 1.77. The topological polar surface area (TPSA) is 34.1 Å². The molecule has 0 spiro atoms. The van der Waals surface area contributed by atoms with Crippen LogP contribution in [0.3, 0.4) is 0 Å². The Balaban J connectivity index is 2.06.